The van der Waals surface area contributed by atoms with E-state index in [1.807, 2.05) is 6.07 Å². The van der Waals surface area contributed by atoms with Gasteiger partial charge in [0.25, 0.3) is 17.7 Å². The number of carboxylic acid groups (broad SMARTS) is 1. The molecule has 3 amide bonds. The molecular weight excluding hydrogens is 550 g/mol. The molecule has 0 radical (unpaired) electrons. The molecule has 10 nitrogen and oxygen atoms in total. The topological polar surface area (TPSA) is 151 Å². The Kier molecular flexibility index (Phi) is 10.3. The number of ether oxygens (including phenoxy) is 1. The number of fused-ring (bicyclic) bond motifs is 1. The lowest BCUT2D eigenvalue weighted by Gasteiger charge is -2.41. The van der Waals surface area contributed by atoms with Gasteiger partial charge in [-0.15, -0.1) is 0 Å². The molecule has 0 fully saturated rings. The first-order chi connectivity index (χ1) is 20.8. The molecule has 2 unspecified atom stereocenters. The Morgan fingerprint density at radius 1 is 0.884 bits per heavy atom. The average Bonchev–Trinajstić information content (AvgIpc) is 3.03. The Balaban J connectivity index is 1.87. The van der Waals surface area contributed by atoms with E-state index < -0.39 is 47.2 Å². The van der Waals surface area contributed by atoms with E-state index in [1.54, 1.807) is 73.7 Å². The fourth-order valence-corrected chi connectivity index (χ4v) is 5.47. The summed E-state index contributed by atoms with van der Waals surface area (Å²) in [6.45, 7) is 1.78. The highest BCUT2D eigenvalue weighted by Gasteiger charge is 2.55. The number of aliphatic carboxylic acids is 1. The van der Waals surface area contributed by atoms with Crippen molar-refractivity contribution in [2.45, 2.75) is 44.2 Å². The molecule has 43 heavy (non-hydrogen) atoms. The van der Waals surface area contributed by atoms with Crippen LogP contribution in [0, 0.1) is 5.92 Å². The summed E-state index contributed by atoms with van der Waals surface area (Å²) < 4.78 is 5.44. The zero-order valence-electron chi connectivity index (χ0n) is 23.9. The SMILES string of the molecule is CCOC(=O)C([C@H](Cc1ccccc1)NC(=O)c1ccccc1)C1(C(=O)O)CCCCNC(=O)c2ccccc2C(=O)N1. The quantitative estimate of drug-likeness (QED) is 0.281. The number of hydrogen-bond acceptors (Lipinski definition) is 6. The Morgan fingerprint density at radius 2 is 1.49 bits per heavy atom. The molecule has 3 aromatic rings. The molecule has 1 aliphatic rings. The predicted octanol–water partition coefficient (Wildman–Crippen LogP) is 3.37. The zero-order valence-corrected chi connectivity index (χ0v) is 23.9. The third-order valence-electron chi connectivity index (χ3n) is 7.54. The molecule has 224 valence electrons. The number of carboxylic acids is 1. The van der Waals surface area contributed by atoms with Gasteiger partial charge in [0, 0.05) is 18.2 Å². The van der Waals surface area contributed by atoms with Crippen molar-refractivity contribution in [2.24, 2.45) is 5.92 Å². The van der Waals surface area contributed by atoms with Gasteiger partial charge in [-0.05, 0) is 62.4 Å². The lowest BCUT2D eigenvalue weighted by Crippen LogP contribution is -2.67. The summed E-state index contributed by atoms with van der Waals surface area (Å²) >= 11 is 0. The van der Waals surface area contributed by atoms with Gasteiger partial charge in [0.2, 0.25) is 0 Å². The van der Waals surface area contributed by atoms with Crippen molar-refractivity contribution in [3.63, 3.8) is 0 Å². The molecule has 4 rings (SSSR count). The molecule has 0 bridgehead atoms. The van der Waals surface area contributed by atoms with E-state index in [4.69, 9.17) is 4.74 Å². The first-order valence-corrected chi connectivity index (χ1v) is 14.3. The van der Waals surface area contributed by atoms with E-state index in [0.717, 1.165) is 5.56 Å². The van der Waals surface area contributed by atoms with Crippen LogP contribution in [0.4, 0.5) is 0 Å². The molecule has 4 N–H and O–H groups in total. The maximum Gasteiger partial charge on any atom is 0.330 e. The van der Waals surface area contributed by atoms with E-state index in [0.29, 0.717) is 12.0 Å². The van der Waals surface area contributed by atoms with Gasteiger partial charge in [0.1, 0.15) is 5.92 Å². The van der Waals surface area contributed by atoms with Crippen LogP contribution >= 0.6 is 0 Å². The van der Waals surface area contributed by atoms with Crippen LogP contribution in [0.15, 0.2) is 84.9 Å². The molecule has 0 saturated heterocycles. The Morgan fingerprint density at radius 3 is 2.12 bits per heavy atom. The van der Waals surface area contributed by atoms with Crippen LogP contribution in [-0.4, -0.2) is 59.5 Å². The molecular formula is C33H35N3O7. The van der Waals surface area contributed by atoms with E-state index in [1.165, 1.54) is 12.1 Å². The molecule has 0 aromatic heterocycles. The van der Waals surface area contributed by atoms with Gasteiger partial charge in [-0.3, -0.25) is 19.2 Å². The van der Waals surface area contributed by atoms with E-state index in [2.05, 4.69) is 16.0 Å². The highest BCUT2D eigenvalue weighted by Crippen LogP contribution is 2.32. The predicted molar refractivity (Wildman–Crippen MR) is 158 cm³/mol. The van der Waals surface area contributed by atoms with Crippen molar-refractivity contribution >= 4 is 29.7 Å². The molecule has 1 heterocycles. The fourth-order valence-electron chi connectivity index (χ4n) is 5.47. The Hall–Kier alpha value is -4.99. The fraction of sp³-hybridized carbons (Fsp3) is 0.303. The third-order valence-corrected chi connectivity index (χ3v) is 7.54. The molecule has 0 aliphatic carbocycles. The number of benzene rings is 3. The minimum absolute atomic E-state index is 0.0388. The van der Waals surface area contributed by atoms with Crippen molar-refractivity contribution in [1.82, 2.24) is 16.0 Å². The van der Waals surface area contributed by atoms with Crippen molar-refractivity contribution in [3.05, 3.63) is 107 Å². The summed E-state index contributed by atoms with van der Waals surface area (Å²) in [4.78, 5) is 67.4. The van der Waals surface area contributed by atoms with Gasteiger partial charge in [-0.2, -0.15) is 0 Å². The summed E-state index contributed by atoms with van der Waals surface area (Å²) in [5, 5.41) is 19.2. The summed E-state index contributed by atoms with van der Waals surface area (Å²) in [5.41, 5.74) is -1.11. The van der Waals surface area contributed by atoms with Crippen LogP contribution in [0.3, 0.4) is 0 Å². The number of hydrogen-bond donors (Lipinski definition) is 4. The lowest BCUT2D eigenvalue weighted by atomic mass is 9.73. The van der Waals surface area contributed by atoms with Gasteiger partial charge < -0.3 is 25.8 Å². The standard InChI is InChI=1S/C33H35N3O7/c1-2-43-31(40)27(26(21-22-13-5-3-6-14-22)35-28(37)23-15-7-4-8-16-23)33(32(41)42)19-11-12-20-34-29(38)24-17-9-10-18-25(24)30(39)36-33/h3-10,13-18,26-27H,2,11-12,19-21H2,1H3,(H,34,38)(H,35,37)(H,36,39)(H,41,42)/t26-,27?,33?/m0/s1. The molecule has 10 heteroatoms. The summed E-state index contributed by atoms with van der Waals surface area (Å²) in [7, 11) is 0. The smallest absolute Gasteiger partial charge is 0.330 e. The van der Waals surface area contributed by atoms with Crippen molar-refractivity contribution < 1.29 is 33.8 Å². The highest BCUT2D eigenvalue weighted by molar-refractivity contribution is 6.09. The number of amides is 3. The summed E-state index contributed by atoms with van der Waals surface area (Å²) in [5.74, 6) is -5.69. The van der Waals surface area contributed by atoms with Gasteiger partial charge in [-0.25, -0.2) is 4.79 Å². The number of carbonyl (C=O) groups is 5. The van der Waals surface area contributed by atoms with Crippen molar-refractivity contribution in [2.75, 3.05) is 13.2 Å². The number of rotatable bonds is 9. The molecule has 3 aromatic carbocycles. The minimum Gasteiger partial charge on any atom is -0.479 e. The normalized spacial score (nSPS) is 18.4. The van der Waals surface area contributed by atoms with E-state index in [-0.39, 0.29) is 43.5 Å². The number of nitrogens with one attached hydrogen (secondary N) is 3. The monoisotopic (exact) mass is 585 g/mol. The molecule has 0 spiro atoms. The Labute approximate surface area is 249 Å². The van der Waals surface area contributed by atoms with E-state index >= 15 is 0 Å². The second kappa shape index (κ2) is 14.3. The number of esters is 1. The minimum atomic E-state index is -2.20. The third kappa shape index (κ3) is 7.27. The van der Waals surface area contributed by atoms with Crippen LogP contribution in [0.2, 0.25) is 0 Å². The van der Waals surface area contributed by atoms with Gasteiger partial charge >= 0.3 is 11.9 Å². The van der Waals surface area contributed by atoms with Crippen LogP contribution in [0.5, 0.6) is 0 Å². The highest BCUT2D eigenvalue weighted by atomic mass is 16.5. The first kappa shape index (κ1) is 31.0. The second-order valence-corrected chi connectivity index (χ2v) is 10.4. The first-order valence-electron chi connectivity index (χ1n) is 14.3. The van der Waals surface area contributed by atoms with Crippen LogP contribution < -0.4 is 16.0 Å². The molecule has 3 atom stereocenters. The zero-order chi connectivity index (χ0) is 30.8. The van der Waals surface area contributed by atoms with Crippen LogP contribution in [0.25, 0.3) is 0 Å². The van der Waals surface area contributed by atoms with Gasteiger partial charge in [-0.1, -0.05) is 60.7 Å². The van der Waals surface area contributed by atoms with Crippen LogP contribution in [0.1, 0.15) is 62.8 Å². The Bertz CT molecular complexity index is 1460. The summed E-state index contributed by atoms with van der Waals surface area (Å²) in [6.07, 6.45) is 0.532. The van der Waals surface area contributed by atoms with Crippen molar-refractivity contribution in [3.8, 4) is 0 Å². The average molecular weight is 586 g/mol. The van der Waals surface area contributed by atoms with Gasteiger partial charge in [0.05, 0.1) is 17.7 Å². The second-order valence-electron chi connectivity index (χ2n) is 10.4. The maximum atomic E-state index is 13.9. The van der Waals surface area contributed by atoms with Gasteiger partial charge in [0.15, 0.2) is 5.54 Å². The number of carbonyl (C=O) groups excluding carboxylic acids is 4. The molecule has 0 saturated carbocycles. The lowest BCUT2D eigenvalue weighted by molar-refractivity contribution is -0.162. The summed E-state index contributed by atoms with van der Waals surface area (Å²) in [6, 6.07) is 22.4. The maximum absolute atomic E-state index is 13.9. The van der Waals surface area contributed by atoms with Crippen molar-refractivity contribution in [1.29, 1.82) is 0 Å². The molecule has 1 aliphatic heterocycles. The largest absolute Gasteiger partial charge is 0.479 e. The van der Waals surface area contributed by atoms with E-state index in [9.17, 15) is 29.1 Å². The van der Waals surface area contributed by atoms with Crippen LogP contribution in [-0.2, 0) is 20.7 Å².